The lowest BCUT2D eigenvalue weighted by Crippen LogP contribution is -2.69. The minimum Gasteiger partial charge on any atom is -0.497 e. The fourth-order valence-corrected chi connectivity index (χ4v) is 6.78. The van der Waals surface area contributed by atoms with E-state index in [9.17, 15) is 4.79 Å². The molecule has 200 valence electrons. The first-order chi connectivity index (χ1) is 18.6. The number of carbonyl (C=O) groups excluding carboxylic acids is 1. The number of piperidine rings is 3. The van der Waals surface area contributed by atoms with Crippen molar-refractivity contribution in [3.8, 4) is 5.75 Å². The number of fused-ring (bicyclic) bond motifs is 3. The number of benzene rings is 3. The molecule has 3 heterocycles. The van der Waals surface area contributed by atoms with Crippen LogP contribution in [-0.4, -0.2) is 61.1 Å². The van der Waals surface area contributed by atoms with E-state index in [2.05, 4.69) is 96.9 Å². The van der Waals surface area contributed by atoms with Crippen LogP contribution < -0.4 is 10.1 Å². The zero-order valence-electron chi connectivity index (χ0n) is 22.9. The normalized spacial score (nSPS) is 24.4. The largest absolute Gasteiger partial charge is 0.497 e. The van der Waals surface area contributed by atoms with Gasteiger partial charge in [-0.05, 0) is 61.6 Å². The van der Waals surface area contributed by atoms with Gasteiger partial charge in [-0.2, -0.15) is 0 Å². The maximum atomic E-state index is 13.7. The molecule has 0 aromatic heterocycles. The Labute approximate surface area is 227 Å². The lowest BCUT2D eigenvalue weighted by atomic mass is 9.66. The first-order valence-electron chi connectivity index (χ1n) is 14.1. The molecular weight excluding hydrogens is 470 g/mol. The SMILES string of the molecule is CCN(CC)C(=O)C1CN2CCC1C(NCc1ccc(OC)cc1)C2C(c1ccccc1)c1ccccc1. The van der Waals surface area contributed by atoms with E-state index in [1.807, 2.05) is 17.0 Å². The van der Waals surface area contributed by atoms with Crippen molar-refractivity contribution in [1.29, 1.82) is 0 Å². The number of nitrogens with zero attached hydrogens (tertiary/aromatic N) is 2. The molecule has 1 N–H and O–H groups in total. The standard InChI is InChI=1S/C33H41N3O2/c1-4-35(5-2)33(37)29-23-36-21-20-28(29)31(34-22-24-16-18-27(38-3)19-17-24)32(36)30(25-12-8-6-9-13-25)26-14-10-7-11-15-26/h6-19,28-32,34H,4-5,20-23H2,1-3H3. The lowest BCUT2D eigenvalue weighted by Gasteiger charge is -2.57. The van der Waals surface area contributed by atoms with Crippen molar-refractivity contribution in [2.45, 2.75) is 44.8 Å². The topological polar surface area (TPSA) is 44.8 Å². The second kappa shape index (κ2) is 12.1. The lowest BCUT2D eigenvalue weighted by molar-refractivity contribution is -0.145. The molecule has 5 unspecified atom stereocenters. The first kappa shape index (κ1) is 26.5. The molecule has 1 amide bonds. The van der Waals surface area contributed by atoms with Gasteiger partial charge in [-0.3, -0.25) is 9.69 Å². The van der Waals surface area contributed by atoms with Crippen LogP contribution in [0.5, 0.6) is 5.75 Å². The van der Waals surface area contributed by atoms with Gasteiger partial charge in [-0.1, -0.05) is 72.8 Å². The molecular formula is C33H41N3O2. The molecule has 3 fully saturated rings. The van der Waals surface area contributed by atoms with Crippen LogP contribution in [0.25, 0.3) is 0 Å². The summed E-state index contributed by atoms with van der Waals surface area (Å²) in [6.45, 7) is 8.34. The van der Waals surface area contributed by atoms with Crippen LogP contribution in [-0.2, 0) is 11.3 Å². The van der Waals surface area contributed by atoms with Gasteiger partial charge in [-0.25, -0.2) is 0 Å². The molecule has 0 aliphatic carbocycles. The summed E-state index contributed by atoms with van der Waals surface area (Å²) in [7, 11) is 1.70. The summed E-state index contributed by atoms with van der Waals surface area (Å²) in [5, 5.41) is 3.98. The monoisotopic (exact) mass is 511 g/mol. The zero-order chi connectivity index (χ0) is 26.5. The van der Waals surface area contributed by atoms with E-state index in [0.29, 0.717) is 11.8 Å². The highest BCUT2D eigenvalue weighted by Gasteiger charge is 2.52. The zero-order valence-corrected chi connectivity index (χ0v) is 22.9. The summed E-state index contributed by atoms with van der Waals surface area (Å²) in [6.07, 6.45) is 1.05. The molecule has 3 aliphatic heterocycles. The Hall–Kier alpha value is -3.15. The van der Waals surface area contributed by atoms with Gasteiger partial charge in [0.25, 0.3) is 0 Å². The van der Waals surface area contributed by atoms with E-state index < -0.39 is 0 Å². The van der Waals surface area contributed by atoms with E-state index in [4.69, 9.17) is 4.74 Å². The molecule has 3 aromatic rings. The Morgan fingerprint density at radius 2 is 1.55 bits per heavy atom. The summed E-state index contributed by atoms with van der Waals surface area (Å²) in [5.41, 5.74) is 3.89. The Morgan fingerprint density at radius 3 is 2.11 bits per heavy atom. The Kier molecular flexibility index (Phi) is 8.45. The molecule has 3 aliphatic rings. The van der Waals surface area contributed by atoms with Gasteiger partial charge in [0.2, 0.25) is 5.91 Å². The molecule has 0 saturated carbocycles. The summed E-state index contributed by atoms with van der Waals surface area (Å²) >= 11 is 0. The molecule has 0 radical (unpaired) electrons. The molecule has 3 aromatic carbocycles. The second-order valence-corrected chi connectivity index (χ2v) is 10.6. The second-order valence-electron chi connectivity index (χ2n) is 10.6. The third kappa shape index (κ3) is 5.36. The number of rotatable bonds is 10. The summed E-state index contributed by atoms with van der Waals surface area (Å²) < 4.78 is 5.37. The summed E-state index contributed by atoms with van der Waals surface area (Å²) in [5.74, 6) is 1.73. The third-order valence-electron chi connectivity index (χ3n) is 8.70. The van der Waals surface area contributed by atoms with Crippen LogP contribution in [0.15, 0.2) is 84.9 Å². The molecule has 2 bridgehead atoms. The van der Waals surface area contributed by atoms with Crippen LogP contribution in [0.1, 0.15) is 42.9 Å². The molecule has 5 nitrogen and oxygen atoms in total. The van der Waals surface area contributed by atoms with E-state index in [1.165, 1.54) is 16.7 Å². The van der Waals surface area contributed by atoms with Gasteiger partial charge in [0, 0.05) is 44.2 Å². The number of ether oxygens (including phenoxy) is 1. The van der Waals surface area contributed by atoms with Crippen LogP contribution in [0.4, 0.5) is 0 Å². The van der Waals surface area contributed by atoms with Crippen LogP contribution in [0.2, 0.25) is 0 Å². The van der Waals surface area contributed by atoms with Crippen LogP contribution in [0, 0.1) is 11.8 Å². The number of carbonyl (C=O) groups is 1. The molecule has 3 saturated heterocycles. The van der Waals surface area contributed by atoms with Crippen molar-refractivity contribution in [3.63, 3.8) is 0 Å². The average Bonchev–Trinajstić information content (AvgIpc) is 2.99. The minimum atomic E-state index is 0.0282. The Bertz CT molecular complexity index is 1120. The quantitative estimate of drug-likeness (QED) is 0.408. The van der Waals surface area contributed by atoms with Crippen molar-refractivity contribution in [2.24, 2.45) is 11.8 Å². The highest BCUT2D eigenvalue weighted by molar-refractivity contribution is 5.80. The maximum Gasteiger partial charge on any atom is 0.227 e. The maximum absolute atomic E-state index is 13.7. The molecule has 38 heavy (non-hydrogen) atoms. The molecule has 5 heteroatoms. The fraction of sp³-hybridized carbons (Fsp3) is 0.424. The molecule has 5 atom stereocenters. The van der Waals surface area contributed by atoms with Crippen molar-refractivity contribution in [2.75, 3.05) is 33.3 Å². The van der Waals surface area contributed by atoms with Gasteiger partial charge in [0.15, 0.2) is 0 Å². The van der Waals surface area contributed by atoms with Crippen molar-refractivity contribution in [1.82, 2.24) is 15.1 Å². The van der Waals surface area contributed by atoms with Crippen molar-refractivity contribution >= 4 is 5.91 Å². The van der Waals surface area contributed by atoms with Gasteiger partial charge in [-0.15, -0.1) is 0 Å². The fourth-order valence-electron chi connectivity index (χ4n) is 6.78. The average molecular weight is 512 g/mol. The number of hydrogen-bond acceptors (Lipinski definition) is 4. The minimum absolute atomic E-state index is 0.0282. The third-order valence-corrected chi connectivity index (χ3v) is 8.70. The van der Waals surface area contributed by atoms with E-state index in [-0.39, 0.29) is 23.9 Å². The predicted molar refractivity (Wildman–Crippen MR) is 153 cm³/mol. The van der Waals surface area contributed by atoms with Crippen LogP contribution in [0.3, 0.4) is 0 Å². The van der Waals surface area contributed by atoms with Gasteiger partial charge < -0.3 is 15.0 Å². The van der Waals surface area contributed by atoms with E-state index in [0.717, 1.165) is 44.9 Å². The summed E-state index contributed by atoms with van der Waals surface area (Å²) in [4.78, 5) is 18.3. The van der Waals surface area contributed by atoms with E-state index in [1.54, 1.807) is 7.11 Å². The van der Waals surface area contributed by atoms with Gasteiger partial charge >= 0.3 is 0 Å². The molecule has 6 rings (SSSR count). The summed E-state index contributed by atoms with van der Waals surface area (Å²) in [6, 6.07) is 30.6. The highest BCUT2D eigenvalue weighted by atomic mass is 16.5. The van der Waals surface area contributed by atoms with Gasteiger partial charge in [0.1, 0.15) is 5.75 Å². The van der Waals surface area contributed by atoms with Crippen molar-refractivity contribution < 1.29 is 9.53 Å². The number of hydrogen-bond donors (Lipinski definition) is 1. The Balaban J connectivity index is 1.52. The van der Waals surface area contributed by atoms with E-state index >= 15 is 0 Å². The smallest absolute Gasteiger partial charge is 0.227 e. The van der Waals surface area contributed by atoms with Crippen molar-refractivity contribution in [3.05, 3.63) is 102 Å². The Morgan fingerprint density at radius 1 is 0.947 bits per heavy atom. The molecule has 0 spiro atoms. The van der Waals surface area contributed by atoms with Gasteiger partial charge in [0.05, 0.1) is 13.0 Å². The number of methoxy groups -OCH3 is 1. The first-order valence-corrected chi connectivity index (χ1v) is 14.1. The highest BCUT2D eigenvalue weighted by Crippen LogP contribution is 2.45. The number of amides is 1. The van der Waals surface area contributed by atoms with Crippen LogP contribution >= 0.6 is 0 Å². The predicted octanol–water partition coefficient (Wildman–Crippen LogP) is 5.17. The number of nitrogens with one attached hydrogen (secondary N) is 1.